The van der Waals surface area contributed by atoms with E-state index in [4.69, 9.17) is 0 Å². The van der Waals surface area contributed by atoms with Crippen LogP contribution in [-0.2, 0) is 6.54 Å². The minimum Gasteiger partial charge on any atom is -0.322 e. The normalized spacial score (nSPS) is 10.4. The zero-order chi connectivity index (χ0) is 19.4. The Morgan fingerprint density at radius 2 is 1.89 bits per heavy atom. The summed E-state index contributed by atoms with van der Waals surface area (Å²) in [6, 6.07) is 14.3. The van der Waals surface area contributed by atoms with Gasteiger partial charge in [-0.2, -0.15) is 0 Å². The highest BCUT2D eigenvalue weighted by Crippen LogP contribution is 2.17. The highest BCUT2D eigenvalue weighted by atomic mass is 19.1. The van der Waals surface area contributed by atoms with Gasteiger partial charge in [0.2, 0.25) is 0 Å². The van der Waals surface area contributed by atoms with Crippen molar-refractivity contribution >= 4 is 17.3 Å². The average Bonchev–Trinajstić information content (AvgIpc) is 2.65. The summed E-state index contributed by atoms with van der Waals surface area (Å²) >= 11 is 0. The maximum atomic E-state index is 13.8. The van der Waals surface area contributed by atoms with E-state index in [1.165, 1.54) is 53.2 Å². The van der Waals surface area contributed by atoms with Crippen LogP contribution in [0.4, 0.5) is 15.8 Å². The first-order valence-corrected chi connectivity index (χ1v) is 7.94. The molecule has 3 rings (SSSR count). The quantitative estimate of drug-likeness (QED) is 0.553. The van der Waals surface area contributed by atoms with Gasteiger partial charge in [0, 0.05) is 29.6 Å². The van der Waals surface area contributed by atoms with Gasteiger partial charge in [-0.25, -0.2) is 4.39 Å². The number of non-ortho nitro benzene ring substituents is 1. The Bertz CT molecular complexity index is 1080. The van der Waals surface area contributed by atoms with Gasteiger partial charge < -0.3 is 9.88 Å². The molecule has 8 heteroatoms. The third kappa shape index (κ3) is 4.06. The molecule has 0 aliphatic rings. The standard InChI is InChI=1S/C19H14FN3O4/c20-17-9-2-1-5-13(17)12-22-10-4-8-16(19(22)25)18(24)21-14-6-3-7-15(11-14)23(26)27/h1-11H,12H2,(H,21,24). The smallest absolute Gasteiger partial charge is 0.271 e. The molecule has 3 aromatic rings. The summed E-state index contributed by atoms with van der Waals surface area (Å²) in [5.41, 5.74) is -0.421. The van der Waals surface area contributed by atoms with Gasteiger partial charge in [0.25, 0.3) is 17.2 Å². The van der Waals surface area contributed by atoms with Crippen LogP contribution in [0.5, 0.6) is 0 Å². The van der Waals surface area contributed by atoms with Gasteiger partial charge in [-0.3, -0.25) is 19.7 Å². The zero-order valence-corrected chi connectivity index (χ0v) is 14.0. The predicted molar refractivity (Wildman–Crippen MR) is 97.3 cm³/mol. The van der Waals surface area contributed by atoms with Crippen molar-refractivity contribution in [2.45, 2.75) is 6.54 Å². The Morgan fingerprint density at radius 3 is 2.63 bits per heavy atom. The number of nitro groups is 1. The molecule has 7 nitrogen and oxygen atoms in total. The number of aromatic nitrogens is 1. The van der Waals surface area contributed by atoms with Crippen molar-refractivity contribution in [3.8, 4) is 0 Å². The van der Waals surface area contributed by atoms with Crippen molar-refractivity contribution in [2.24, 2.45) is 0 Å². The van der Waals surface area contributed by atoms with Crippen LogP contribution in [0.3, 0.4) is 0 Å². The summed E-state index contributed by atoms with van der Waals surface area (Å²) in [5.74, 6) is -1.15. The van der Waals surface area contributed by atoms with E-state index in [1.54, 1.807) is 18.2 Å². The van der Waals surface area contributed by atoms with Crippen LogP contribution < -0.4 is 10.9 Å². The lowest BCUT2D eigenvalue weighted by Crippen LogP contribution is -2.29. The summed E-state index contributed by atoms with van der Waals surface area (Å²) < 4.78 is 15.0. The molecular formula is C19H14FN3O4. The van der Waals surface area contributed by atoms with Gasteiger partial charge in [-0.05, 0) is 24.3 Å². The van der Waals surface area contributed by atoms with Crippen LogP contribution in [0.1, 0.15) is 15.9 Å². The molecular weight excluding hydrogens is 353 g/mol. The lowest BCUT2D eigenvalue weighted by atomic mass is 10.2. The number of benzene rings is 2. The fraction of sp³-hybridized carbons (Fsp3) is 0.0526. The maximum absolute atomic E-state index is 13.8. The molecule has 0 radical (unpaired) electrons. The van der Waals surface area contributed by atoms with Crippen molar-refractivity contribution in [1.82, 2.24) is 4.57 Å². The highest BCUT2D eigenvalue weighted by molar-refractivity contribution is 6.04. The highest BCUT2D eigenvalue weighted by Gasteiger charge is 2.15. The number of nitrogens with zero attached hydrogens (tertiary/aromatic N) is 2. The largest absolute Gasteiger partial charge is 0.322 e. The molecule has 1 N–H and O–H groups in total. The summed E-state index contributed by atoms with van der Waals surface area (Å²) in [5, 5.41) is 13.3. The molecule has 0 fully saturated rings. The van der Waals surface area contributed by atoms with Gasteiger partial charge in [-0.15, -0.1) is 0 Å². The molecule has 2 aromatic carbocycles. The lowest BCUT2D eigenvalue weighted by molar-refractivity contribution is -0.384. The van der Waals surface area contributed by atoms with Gasteiger partial charge in [0.1, 0.15) is 11.4 Å². The molecule has 1 aromatic heterocycles. The van der Waals surface area contributed by atoms with Crippen molar-refractivity contribution in [3.63, 3.8) is 0 Å². The average molecular weight is 367 g/mol. The number of carbonyl (C=O) groups is 1. The second-order valence-corrected chi connectivity index (χ2v) is 5.71. The molecule has 0 atom stereocenters. The summed E-state index contributed by atoms with van der Waals surface area (Å²) in [6.07, 6.45) is 1.46. The van der Waals surface area contributed by atoms with Crippen molar-refractivity contribution in [1.29, 1.82) is 0 Å². The monoisotopic (exact) mass is 367 g/mol. The van der Waals surface area contributed by atoms with E-state index in [0.29, 0.717) is 5.56 Å². The zero-order valence-electron chi connectivity index (χ0n) is 14.0. The summed E-state index contributed by atoms with van der Waals surface area (Å²) in [6.45, 7) is -0.0244. The van der Waals surface area contributed by atoms with Crippen molar-refractivity contribution < 1.29 is 14.1 Å². The molecule has 0 aliphatic heterocycles. The molecule has 0 aliphatic carbocycles. The first-order chi connectivity index (χ1) is 13.0. The first kappa shape index (κ1) is 18.0. The second-order valence-electron chi connectivity index (χ2n) is 5.71. The van der Waals surface area contributed by atoms with Crippen LogP contribution in [0, 0.1) is 15.9 Å². The molecule has 0 spiro atoms. The minimum absolute atomic E-state index is 0.0244. The number of pyridine rings is 1. The van der Waals surface area contributed by atoms with E-state index in [9.17, 15) is 24.1 Å². The first-order valence-electron chi connectivity index (χ1n) is 7.94. The van der Waals surface area contributed by atoms with Gasteiger partial charge in [0.15, 0.2) is 0 Å². The van der Waals surface area contributed by atoms with Gasteiger partial charge in [0.05, 0.1) is 11.5 Å². The lowest BCUT2D eigenvalue weighted by Gasteiger charge is -2.09. The molecule has 27 heavy (non-hydrogen) atoms. The minimum atomic E-state index is -0.705. The Kier molecular flexibility index (Phi) is 5.07. The van der Waals surface area contributed by atoms with E-state index in [1.807, 2.05) is 0 Å². The summed E-state index contributed by atoms with van der Waals surface area (Å²) in [7, 11) is 0. The van der Waals surface area contributed by atoms with Gasteiger partial charge in [-0.1, -0.05) is 24.3 Å². The van der Waals surface area contributed by atoms with Crippen LogP contribution in [0.25, 0.3) is 0 Å². The number of hydrogen-bond acceptors (Lipinski definition) is 4. The molecule has 0 bridgehead atoms. The predicted octanol–water partition coefficient (Wildman–Crippen LogP) is 3.20. The fourth-order valence-corrected chi connectivity index (χ4v) is 2.54. The topological polar surface area (TPSA) is 94.2 Å². The van der Waals surface area contributed by atoms with Crippen LogP contribution in [0.15, 0.2) is 71.7 Å². The Hall–Kier alpha value is -3.81. The number of rotatable bonds is 5. The molecule has 1 amide bonds. The number of nitrogens with one attached hydrogen (secondary N) is 1. The third-order valence-electron chi connectivity index (χ3n) is 3.88. The molecule has 0 saturated carbocycles. The van der Waals surface area contributed by atoms with Crippen LogP contribution in [0.2, 0.25) is 0 Å². The van der Waals surface area contributed by atoms with E-state index in [2.05, 4.69) is 5.32 Å². The fourth-order valence-electron chi connectivity index (χ4n) is 2.54. The van der Waals surface area contributed by atoms with Crippen LogP contribution in [-0.4, -0.2) is 15.4 Å². The number of anilines is 1. The number of amides is 1. The van der Waals surface area contributed by atoms with Crippen LogP contribution >= 0.6 is 0 Å². The van der Waals surface area contributed by atoms with E-state index >= 15 is 0 Å². The molecule has 136 valence electrons. The Labute approximate surface area is 152 Å². The van der Waals surface area contributed by atoms with Crippen molar-refractivity contribution in [2.75, 3.05) is 5.32 Å². The summed E-state index contributed by atoms with van der Waals surface area (Å²) in [4.78, 5) is 35.2. The van der Waals surface area contributed by atoms with E-state index < -0.39 is 22.2 Å². The van der Waals surface area contributed by atoms with E-state index in [-0.39, 0.29) is 23.5 Å². The second kappa shape index (κ2) is 7.61. The molecule has 0 unspecified atom stereocenters. The SMILES string of the molecule is O=C(Nc1cccc([N+](=O)[O-])c1)c1cccn(Cc2ccccc2F)c1=O. The Morgan fingerprint density at radius 1 is 1.11 bits per heavy atom. The maximum Gasteiger partial charge on any atom is 0.271 e. The van der Waals surface area contributed by atoms with E-state index in [0.717, 1.165) is 0 Å². The van der Waals surface area contributed by atoms with Gasteiger partial charge >= 0.3 is 0 Å². The Balaban J connectivity index is 1.86. The molecule has 0 saturated heterocycles. The molecule has 1 heterocycles. The van der Waals surface area contributed by atoms with Crippen molar-refractivity contribution in [3.05, 3.63) is 104 Å². The number of carbonyl (C=O) groups excluding carboxylic acids is 1. The number of nitro benzene ring substituents is 1. The third-order valence-corrected chi connectivity index (χ3v) is 3.88. The number of hydrogen-bond donors (Lipinski definition) is 1. The number of halogens is 1.